The zero-order chi connectivity index (χ0) is 17.6. The summed E-state index contributed by atoms with van der Waals surface area (Å²) in [5.74, 6) is 5.63. The van der Waals surface area contributed by atoms with E-state index in [-0.39, 0.29) is 12.5 Å². The summed E-state index contributed by atoms with van der Waals surface area (Å²) in [4.78, 5) is 26.2. The second-order valence-corrected chi connectivity index (χ2v) is 7.19. The molecule has 2 aromatic rings. The summed E-state index contributed by atoms with van der Waals surface area (Å²) in [7, 11) is 0. The van der Waals surface area contributed by atoms with E-state index in [2.05, 4.69) is 32.8 Å². The molecule has 2 aromatic heterocycles. The first-order chi connectivity index (χ1) is 12.2. The number of amides is 1. The lowest BCUT2D eigenvalue weighted by Gasteiger charge is -2.21. The van der Waals surface area contributed by atoms with Gasteiger partial charge in [-0.05, 0) is 25.5 Å². The molecule has 0 bridgehead atoms. The van der Waals surface area contributed by atoms with Gasteiger partial charge in [-0.3, -0.25) is 9.69 Å². The van der Waals surface area contributed by atoms with E-state index >= 15 is 0 Å². The van der Waals surface area contributed by atoms with Crippen LogP contribution in [0.15, 0.2) is 18.5 Å². The standard InChI is InChI=1S/C18H22N4O2S/c1-14-17(20-13-19-14)18(24)22-8-3-7-21(9-10-22)12-16-6-5-15(25-16)4-2-11-23/h5-6,13,23H,3,7-12H2,1H3,(H,19,20). The fourth-order valence-electron chi connectivity index (χ4n) is 2.93. The van der Waals surface area contributed by atoms with E-state index in [1.165, 1.54) is 4.88 Å². The van der Waals surface area contributed by atoms with Crippen molar-refractivity contribution >= 4 is 17.2 Å². The van der Waals surface area contributed by atoms with Gasteiger partial charge in [0.05, 0.1) is 11.2 Å². The van der Waals surface area contributed by atoms with Gasteiger partial charge in [0.15, 0.2) is 0 Å². The summed E-state index contributed by atoms with van der Waals surface area (Å²) in [6.45, 7) is 5.93. The van der Waals surface area contributed by atoms with Gasteiger partial charge in [-0.1, -0.05) is 11.8 Å². The highest BCUT2D eigenvalue weighted by Gasteiger charge is 2.23. The van der Waals surface area contributed by atoms with Gasteiger partial charge in [0, 0.05) is 43.3 Å². The van der Waals surface area contributed by atoms with E-state index in [1.807, 2.05) is 17.9 Å². The number of aliphatic hydroxyl groups is 1. The predicted molar refractivity (Wildman–Crippen MR) is 97.4 cm³/mol. The summed E-state index contributed by atoms with van der Waals surface area (Å²) in [6, 6.07) is 4.09. The number of imidazole rings is 1. The summed E-state index contributed by atoms with van der Waals surface area (Å²) in [5.41, 5.74) is 1.35. The Morgan fingerprint density at radius 3 is 3.00 bits per heavy atom. The molecule has 132 valence electrons. The van der Waals surface area contributed by atoms with Crippen LogP contribution in [-0.4, -0.2) is 63.6 Å². The molecule has 0 unspecified atom stereocenters. The molecule has 1 amide bonds. The lowest BCUT2D eigenvalue weighted by atomic mass is 10.3. The lowest BCUT2D eigenvalue weighted by molar-refractivity contribution is 0.0755. The van der Waals surface area contributed by atoms with Crippen LogP contribution in [0, 0.1) is 18.8 Å². The average molecular weight is 358 g/mol. The van der Waals surface area contributed by atoms with Crippen molar-refractivity contribution in [2.45, 2.75) is 19.9 Å². The molecule has 0 radical (unpaired) electrons. The second-order valence-electron chi connectivity index (χ2n) is 6.02. The zero-order valence-corrected chi connectivity index (χ0v) is 15.1. The van der Waals surface area contributed by atoms with Gasteiger partial charge in [0.1, 0.15) is 12.3 Å². The maximum Gasteiger partial charge on any atom is 0.274 e. The molecule has 1 aliphatic heterocycles. The Morgan fingerprint density at radius 1 is 1.36 bits per heavy atom. The number of carbonyl (C=O) groups is 1. The number of aryl methyl sites for hydroxylation is 1. The van der Waals surface area contributed by atoms with Crippen molar-refractivity contribution < 1.29 is 9.90 Å². The maximum atomic E-state index is 12.6. The predicted octanol–water partition coefficient (Wildman–Crippen LogP) is 1.47. The smallest absolute Gasteiger partial charge is 0.274 e. The van der Waals surface area contributed by atoms with E-state index in [9.17, 15) is 4.79 Å². The number of aromatic amines is 1. The van der Waals surface area contributed by atoms with Crippen molar-refractivity contribution in [1.82, 2.24) is 19.8 Å². The molecule has 1 aliphatic rings. The molecule has 0 atom stereocenters. The third-order valence-electron chi connectivity index (χ3n) is 4.24. The number of thiophene rings is 1. The molecule has 3 heterocycles. The van der Waals surface area contributed by atoms with Crippen molar-refractivity contribution in [3.05, 3.63) is 39.6 Å². The Labute approximate surface area is 151 Å². The van der Waals surface area contributed by atoms with Gasteiger partial charge >= 0.3 is 0 Å². The lowest BCUT2D eigenvalue weighted by Crippen LogP contribution is -2.35. The molecule has 3 rings (SSSR count). The number of carbonyl (C=O) groups excluding carboxylic acids is 1. The van der Waals surface area contributed by atoms with E-state index < -0.39 is 0 Å². The van der Waals surface area contributed by atoms with Gasteiger partial charge in [-0.2, -0.15) is 0 Å². The molecule has 2 N–H and O–H groups in total. The number of hydrogen-bond acceptors (Lipinski definition) is 5. The fraction of sp³-hybridized carbons (Fsp3) is 0.444. The van der Waals surface area contributed by atoms with E-state index in [0.29, 0.717) is 12.2 Å². The van der Waals surface area contributed by atoms with Crippen LogP contribution in [0.3, 0.4) is 0 Å². The minimum absolute atomic E-state index is 0.0123. The first-order valence-corrected chi connectivity index (χ1v) is 9.19. The highest BCUT2D eigenvalue weighted by atomic mass is 32.1. The Kier molecular flexibility index (Phi) is 5.87. The summed E-state index contributed by atoms with van der Waals surface area (Å²) in [5, 5.41) is 8.77. The minimum atomic E-state index is -0.112. The number of nitrogens with zero attached hydrogens (tertiary/aromatic N) is 3. The SMILES string of the molecule is Cc1[nH]cnc1C(=O)N1CCCN(Cc2ccc(C#CCO)s2)CC1. The molecule has 0 saturated carbocycles. The fourth-order valence-corrected chi connectivity index (χ4v) is 3.86. The Morgan fingerprint density at radius 2 is 2.24 bits per heavy atom. The third kappa shape index (κ3) is 4.48. The molecule has 0 aliphatic carbocycles. The van der Waals surface area contributed by atoms with Crippen molar-refractivity contribution in [2.75, 3.05) is 32.8 Å². The summed E-state index contributed by atoms with van der Waals surface area (Å²) < 4.78 is 0. The van der Waals surface area contributed by atoms with Crippen LogP contribution >= 0.6 is 11.3 Å². The van der Waals surface area contributed by atoms with Crippen molar-refractivity contribution in [3.63, 3.8) is 0 Å². The molecule has 25 heavy (non-hydrogen) atoms. The quantitative estimate of drug-likeness (QED) is 0.815. The number of aromatic nitrogens is 2. The number of hydrogen-bond donors (Lipinski definition) is 2. The van der Waals surface area contributed by atoms with E-state index in [1.54, 1.807) is 17.7 Å². The van der Waals surface area contributed by atoms with E-state index in [0.717, 1.165) is 43.2 Å². The third-order valence-corrected chi connectivity index (χ3v) is 5.23. The first kappa shape index (κ1) is 17.7. The minimum Gasteiger partial charge on any atom is -0.384 e. The molecule has 6 nitrogen and oxygen atoms in total. The number of H-pyrrole nitrogens is 1. The van der Waals surface area contributed by atoms with Gasteiger partial charge in [-0.25, -0.2) is 4.98 Å². The summed E-state index contributed by atoms with van der Waals surface area (Å²) >= 11 is 1.66. The monoisotopic (exact) mass is 358 g/mol. The Bertz CT molecular complexity index is 786. The van der Waals surface area contributed by atoms with Crippen LogP contribution in [-0.2, 0) is 6.54 Å². The maximum absolute atomic E-state index is 12.6. The molecule has 0 spiro atoms. The number of rotatable bonds is 3. The van der Waals surface area contributed by atoms with Crippen LogP contribution in [0.4, 0.5) is 0 Å². The highest BCUT2D eigenvalue weighted by molar-refractivity contribution is 7.12. The van der Waals surface area contributed by atoms with Crippen molar-refractivity contribution in [3.8, 4) is 11.8 Å². The van der Waals surface area contributed by atoms with Crippen LogP contribution in [0.5, 0.6) is 0 Å². The molecule has 7 heteroatoms. The van der Waals surface area contributed by atoms with Gasteiger partial charge in [0.25, 0.3) is 5.91 Å². The topological polar surface area (TPSA) is 72.5 Å². The average Bonchev–Trinajstić information content (AvgIpc) is 3.16. The van der Waals surface area contributed by atoms with Gasteiger partial charge in [-0.15, -0.1) is 11.3 Å². The summed E-state index contributed by atoms with van der Waals surface area (Å²) in [6.07, 6.45) is 2.53. The molecular weight excluding hydrogens is 336 g/mol. The highest BCUT2D eigenvalue weighted by Crippen LogP contribution is 2.19. The second kappa shape index (κ2) is 8.30. The molecule has 1 fully saturated rings. The van der Waals surface area contributed by atoms with Crippen molar-refractivity contribution in [2.24, 2.45) is 0 Å². The Balaban J connectivity index is 1.57. The molecule has 1 saturated heterocycles. The van der Waals surface area contributed by atoms with Crippen LogP contribution < -0.4 is 0 Å². The number of aliphatic hydroxyl groups excluding tert-OH is 1. The van der Waals surface area contributed by atoms with Crippen LogP contribution in [0.2, 0.25) is 0 Å². The normalized spacial score (nSPS) is 15.5. The first-order valence-electron chi connectivity index (χ1n) is 8.37. The van der Waals surface area contributed by atoms with E-state index in [4.69, 9.17) is 5.11 Å². The zero-order valence-electron chi connectivity index (χ0n) is 14.3. The van der Waals surface area contributed by atoms with Crippen molar-refractivity contribution in [1.29, 1.82) is 0 Å². The van der Waals surface area contributed by atoms with Gasteiger partial charge < -0.3 is 15.0 Å². The van der Waals surface area contributed by atoms with Crippen LogP contribution in [0.25, 0.3) is 0 Å². The molecular formula is C18H22N4O2S. The molecule has 0 aromatic carbocycles. The van der Waals surface area contributed by atoms with Gasteiger partial charge in [0.2, 0.25) is 0 Å². The largest absolute Gasteiger partial charge is 0.384 e. The van der Waals surface area contributed by atoms with Crippen LogP contribution in [0.1, 0.15) is 32.4 Å². The Hall–Kier alpha value is -2.14. The number of nitrogens with one attached hydrogen (secondary N) is 1.